The van der Waals surface area contributed by atoms with Crippen molar-refractivity contribution in [2.75, 3.05) is 6.61 Å². The van der Waals surface area contributed by atoms with Gasteiger partial charge in [-0.3, -0.25) is 0 Å². The van der Waals surface area contributed by atoms with E-state index in [4.69, 9.17) is 0 Å². The molecule has 0 bridgehead atoms. The molecule has 3 aliphatic rings. The molecule has 1 fully saturated rings. The summed E-state index contributed by atoms with van der Waals surface area (Å²) in [6.07, 6.45) is 13.6. The lowest BCUT2D eigenvalue weighted by Crippen LogP contribution is -2.45. The Hall–Kier alpha value is -1.65. The monoisotopic (exact) mass is 400 g/mol. The summed E-state index contributed by atoms with van der Waals surface area (Å²) in [5.74, 6) is 0.207. The summed E-state index contributed by atoms with van der Waals surface area (Å²) >= 11 is 0. The van der Waals surface area contributed by atoms with E-state index in [9.17, 15) is 15.0 Å². The molecular formula is C25H36O4. The Labute approximate surface area is 175 Å². The average Bonchev–Trinajstić information content (AvgIpc) is 2.96. The molecule has 4 heteroatoms. The first-order valence-corrected chi connectivity index (χ1v) is 10.9. The lowest BCUT2D eigenvalue weighted by molar-refractivity contribution is -0.150. The van der Waals surface area contributed by atoms with E-state index >= 15 is 0 Å². The molecular weight excluding hydrogens is 364 g/mol. The minimum absolute atomic E-state index is 0.0132. The summed E-state index contributed by atoms with van der Waals surface area (Å²) in [7, 11) is 0. The van der Waals surface area contributed by atoms with E-state index in [0.29, 0.717) is 11.0 Å². The molecule has 0 aromatic heterocycles. The van der Waals surface area contributed by atoms with Crippen LogP contribution in [0.15, 0.2) is 46.6 Å². The molecule has 1 heterocycles. The maximum atomic E-state index is 11.2. The Morgan fingerprint density at radius 1 is 1.31 bits per heavy atom. The number of rotatable bonds is 6. The van der Waals surface area contributed by atoms with Gasteiger partial charge in [-0.2, -0.15) is 0 Å². The molecule has 0 spiro atoms. The second kappa shape index (κ2) is 8.61. The van der Waals surface area contributed by atoms with Crippen LogP contribution in [0.4, 0.5) is 0 Å². The molecule has 0 aromatic rings. The summed E-state index contributed by atoms with van der Waals surface area (Å²) in [5.41, 5.74) is 5.22. The molecule has 2 unspecified atom stereocenters. The van der Waals surface area contributed by atoms with Crippen LogP contribution in [0.25, 0.3) is 0 Å². The smallest absolute Gasteiger partial charge is 0.333 e. The van der Waals surface area contributed by atoms with Gasteiger partial charge in [-0.1, -0.05) is 56.6 Å². The highest BCUT2D eigenvalue weighted by atomic mass is 16.6. The zero-order chi connectivity index (χ0) is 21.2. The summed E-state index contributed by atoms with van der Waals surface area (Å²) < 4.78 is 4.67. The van der Waals surface area contributed by atoms with Crippen LogP contribution in [-0.2, 0) is 9.53 Å². The zero-order valence-corrected chi connectivity index (χ0v) is 18.3. The van der Waals surface area contributed by atoms with Gasteiger partial charge >= 0.3 is 5.97 Å². The second-order valence-electron chi connectivity index (χ2n) is 9.89. The Balaban J connectivity index is 1.71. The SMILES string of the molecule is CC1=C(CC/C(=C\C=C\C2=CC(=O)OC2O)CO)[C@@]2(C)CCCC(C)(C)C2CC1. The quantitative estimate of drug-likeness (QED) is 0.375. The van der Waals surface area contributed by atoms with Crippen molar-refractivity contribution in [3.8, 4) is 0 Å². The van der Waals surface area contributed by atoms with Gasteiger partial charge < -0.3 is 14.9 Å². The summed E-state index contributed by atoms with van der Waals surface area (Å²) in [6, 6.07) is 0. The second-order valence-corrected chi connectivity index (χ2v) is 9.89. The molecule has 0 aromatic carbocycles. The molecule has 3 rings (SSSR count). The van der Waals surface area contributed by atoms with Gasteiger partial charge in [0, 0.05) is 11.6 Å². The lowest BCUT2D eigenvalue weighted by atomic mass is 9.50. The number of carbonyl (C=O) groups is 1. The van der Waals surface area contributed by atoms with Crippen LogP contribution in [0.2, 0.25) is 0 Å². The Bertz CT molecular complexity index is 768. The van der Waals surface area contributed by atoms with Gasteiger partial charge in [-0.05, 0) is 67.8 Å². The minimum Gasteiger partial charge on any atom is -0.428 e. The number of allylic oxidation sites excluding steroid dienone is 4. The maximum Gasteiger partial charge on any atom is 0.333 e. The minimum atomic E-state index is -1.19. The number of aliphatic hydroxyl groups is 2. The summed E-state index contributed by atoms with van der Waals surface area (Å²) in [6.45, 7) is 9.67. The van der Waals surface area contributed by atoms with Gasteiger partial charge in [0.05, 0.1) is 6.61 Å². The first-order valence-electron chi connectivity index (χ1n) is 10.9. The van der Waals surface area contributed by atoms with Crippen molar-refractivity contribution in [1.82, 2.24) is 0 Å². The molecule has 0 saturated heterocycles. The van der Waals surface area contributed by atoms with Crippen molar-refractivity contribution < 1.29 is 19.7 Å². The zero-order valence-electron chi connectivity index (χ0n) is 18.3. The van der Waals surface area contributed by atoms with Gasteiger partial charge in [-0.15, -0.1) is 0 Å². The van der Waals surface area contributed by atoms with Gasteiger partial charge in [0.25, 0.3) is 0 Å². The van der Waals surface area contributed by atoms with Crippen molar-refractivity contribution in [2.45, 2.75) is 78.9 Å². The third-order valence-corrected chi connectivity index (χ3v) is 7.56. The highest BCUT2D eigenvalue weighted by molar-refractivity contribution is 5.86. The molecule has 1 aliphatic heterocycles. The predicted octanol–water partition coefficient (Wildman–Crippen LogP) is 4.99. The summed E-state index contributed by atoms with van der Waals surface area (Å²) in [5, 5.41) is 19.5. The standard InChI is InChI=1S/C25H36O4/c1-17-9-12-21-24(2,3)13-6-14-25(21,4)20(17)11-10-18(16-26)7-5-8-19-15-22(27)29-23(19)28/h5,7-8,15,21,23,26,28H,6,9-14,16H2,1-4H3/b8-5+,18-7+/t21?,23?,25-/m1/s1. The van der Waals surface area contributed by atoms with Gasteiger partial charge in [0.15, 0.2) is 0 Å². The number of carbonyl (C=O) groups excluding carboxylic acids is 1. The number of hydrogen-bond donors (Lipinski definition) is 2. The van der Waals surface area contributed by atoms with E-state index in [1.165, 1.54) is 38.2 Å². The van der Waals surface area contributed by atoms with Crippen molar-refractivity contribution in [3.63, 3.8) is 0 Å². The van der Waals surface area contributed by atoms with Crippen molar-refractivity contribution in [2.24, 2.45) is 16.7 Å². The topological polar surface area (TPSA) is 66.8 Å². The Morgan fingerprint density at radius 2 is 2.07 bits per heavy atom. The van der Waals surface area contributed by atoms with Crippen LogP contribution in [0.5, 0.6) is 0 Å². The molecule has 4 nitrogen and oxygen atoms in total. The first-order chi connectivity index (χ1) is 13.7. The number of ether oxygens (including phenoxy) is 1. The molecule has 0 radical (unpaired) electrons. The molecule has 1 saturated carbocycles. The molecule has 160 valence electrons. The molecule has 2 N–H and O–H groups in total. The third kappa shape index (κ3) is 4.59. The van der Waals surface area contributed by atoms with E-state index in [1.807, 2.05) is 6.08 Å². The molecule has 0 amide bonds. The highest BCUT2D eigenvalue weighted by Gasteiger charge is 2.49. The van der Waals surface area contributed by atoms with Crippen molar-refractivity contribution in [1.29, 1.82) is 0 Å². The Morgan fingerprint density at radius 3 is 2.72 bits per heavy atom. The number of hydrogen-bond acceptors (Lipinski definition) is 4. The Kier molecular flexibility index (Phi) is 6.54. The van der Waals surface area contributed by atoms with Crippen molar-refractivity contribution in [3.05, 3.63) is 46.6 Å². The maximum absolute atomic E-state index is 11.2. The molecule has 29 heavy (non-hydrogen) atoms. The van der Waals surface area contributed by atoms with Crippen LogP contribution >= 0.6 is 0 Å². The third-order valence-electron chi connectivity index (χ3n) is 7.56. The number of aliphatic hydroxyl groups excluding tert-OH is 2. The van der Waals surface area contributed by atoms with Gasteiger partial charge in [-0.25, -0.2) is 4.79 Å². The number of fused-ring (bicyclic) bond motifs is 1. The highest BCUT2D eigenvalue weighted by Crippen LogP contribution is 2.60. The fraction of sp³-hybridized carbons (Fsp3) is 0.640. The van der Waals surface area contributed by atoms with E-state index in [-0.39, 0.29) is 12.0 Å². The van der Waals surface area contributed by atoms with E-state index in [2.05, 4.69) is 32.4 Å². The average molecular weight is 401 g/mol. The normalized spacial score (nSPS) is 32.4. The van der Waals surface area contributed by atoms with Gasteiger partial charge in [0.1, 0.15) is 0 Å². The van der Waals surface area contributed by atoms with E-state index in [1.54, 1.807) is 23.3 Å². The van der Waals surface area contributed by atoms with Gasteiger partial charge in [0.2, 0.25) is 6.29 Å². The largest absolute Gasteiger partial charge is 0.428 e. The summed E-state index contributed by atoms with van der Waals surface area (Å²) in [4.78, 5) is 11.2. The predicted molar refractivity (Wildman–Crippen MR) is 115 cm³/mol. The van der Waals surface area contributed by atoms with E-state index in [0.717, 1.165) is 24.3 Å². The van der Waals surface area contributed by atoms with Crippen LogP contribution in [0, 0.1) is 16.7 Å². The molecule has 3 atom stereocenters. The van der Waals surface area contributed by atoms with Crippen LogP contribution in [-0.4, -0.2) is 29.1 Å². The van der Waals surface area contributed by atoms with Crippen LogP contribution in [0.3, 0.4) is 0 Å². The van der Waals surface area contributed by atoms with E-state index < -0.39 is 12.3 Å². The first kappa shape index (κ1) is 22.0. The number of cyclic esters (lactones) is 1. The van der Waals surface area contributed by atoms with Crippen LogP contribution in [0.1, 0.15) is 72.6 Å². The number of esters is 1. The van der Waals surface area contributed by atoms with Crippen LogP contribution < -0.4 is 0 Å². The lowest BCUT2D eigenvalue weighted by Gasteiger charge is -2.55. The molecule has 2 aliphatic carbocycles. The fourth-order valence-electron chi connectivity index (χ4n) is 6.04. The fourth-order valence-corrected chi connectivity index (χ4v) is 6.04. The van der Waals surface area contributed by atoms with Crippen molar-refractivity contribution >= 4 is 5.97 Å².